The molecule has 0 amide bonds. The Labute approximate surface area is 84.5 Å². The first-order valence-electron chi connectivity index (χ1n) is 3.77. The van der Waals surface area contributed by atoms with Crippen molar-refractivity contribution in [3.8, 4) is 5.75 Å². The van der Waals surface area contributed by atoms with Gasteiger partial charge in [0, 0.05) is 5.33 Å². The topological polar surface area (TPSA) is 29.5 Å². The number of hydrogen-bond acceptors (Lipinski definition) is 2. The Morgan fingerprint density at radius 2 is 2.31 bits per heavy atom. The van der Waals surface area contributed by atoms with E-state index in [1.807, 2.05) is 0 Å². The van der Waals surface area contributed by atoms with Crippen LogP contribution in [-0.4, -0.2) is 17.5 Å². The van der Waals surface area contributed by atoms with Crippen molar-refractivity contribution in [3.05, 3.63) is 29.6 Å². The molecule has 0 aliphatic heterocycles. The van der Waals surface area contributed by atoms with Gasteiger partial charge in [-0.2, -0.15) is 0 Å². The van der Waals surface area contributed by atoms with Gasteiger partial charge >= 0.3 is 0 Å². The van der Waals surface area contributed by atoms with Crippen molar-refractivity contribution in [1.82, 2.24) is 0 Å². The van der Waals surface area contributed by atoms with Crippen LogP contribution in [0, 0.1) is 5.82 Å². The van der Waals surface area contributed by atoms with E-state index >= 15 is 0 Å². The fourth-order valence-corrected chi connectivity index (χ4v) is 1.42. The van der Waals surface area contributed by atoms with E-state index < -0.39 is 11.9 Å². The Morgan fingerprint density at radius 3 is 2.85 bits per heavy atom. The summed E-state index contributed by atoms with van der Waals surface area (Å²) in [6, 6.07) is 4.45. The minimum atomic E-state index is -0.879. The first-order chi connectivity index (χ1) is 6.20. The molecule has 1 atom stereocenters. The molecule has 1 unspecified atom stereocenters. The van der Waals surface area contributed by atoms with Crippen LogP contribution in [0.5, 0.6) is 5.75 Å². The second-order valence-electron chi connectivity index (χ2n) is 2.53. The molecule has 0 saturated heterocycles. The summed E-state index contributed by atoms with van der Waals surface area (Å²) in [7, 11) is 1.44. The molecule has 1 rings (SSSR count). The van der Waals surface area contributed by atoms with E-state index in [0.29, 0.717) is 5.75 Å². The lowest BCUT2D eigenvalue weighted by atomic mass is 10.1. The average Bonchev–Trinajstić information content (AvgIpc) is 2.16. The Bertz CT molecular complexity index is 291. The first-order valence-corrected chi connectivity index (χ1v) is 4.89. The summed E-state index contributed by atoms with van der Waals surface area (Å²) in [5, 5.41) is 9.74. The summed E-state index contributed by atoms with van der Waals surface area (Å²) in [5.74, 6) is -0.0850. The van der Waals surface area contributed by atoms with Crippen molar-refractivity contribution >= 4 is 15.9 Å². The van der Waals surface area contributed by atoms with Crippen LogP contribution in [0.4, 0.5) is 4.39 Å². The van der Waals surface area contributed by atoms with E-state index in [9.17, 15) is 9.50 Å². The smallest absolute Gasteiger partial charge is 0.132 e. The quantitative estimate of drug-likeness (QED) is 0.832. The maximum atomic E-state index is 13.2. The van der Waals surface area contributed by atoms with Crippen molar-refractivity contribution in [2.75, 3.05) is 12.4 Å². The molecule has 0 aliphatic carbocycles. The van der Waals surface area contributed by atoms with Crippen LogP contribution in [0.25, 0.3) is 0 Å². The van der Waals surface area contributed by atoms with Gasteiger partial charge in [0.15, 0.2) is 0 Å². The summed E-state index contributed by atoms with van der Waals surface area (Å²) in [6.45, 7) is 0. The first kappa shape index (κ1) is 10.5. The Morgan fingerprint density at radius 1 is 1.62 bits per heavy atom. The molecule has 1 aromatic rings. The summed E-state index contributed by atoms with van der Waals surface area (Å²) in [5.41, 5.74) is 0.196. The lowest BCUT2D eigenvalue weighted by Crippen LogP contribution is -2.04. The third-order valence-electron chi connectivity index (χ3n) is 1.71. The predicted octanol–water partition coefficient (Wildman–Crippen LogP) is 2.26. The highest BCUT2D eigenvalue weighted by atomic mass is 79.9. The van der Waals surface area contributed by atoms with Gasteiger partial charge < -0.3 is 9.84 Å². The normalized spacial score (nSPS) is 12.6. The number of hydrogen-bond donors (Lipinski definition) is 1. The second-order valence-corrected chi connectivity index (χ2v) is 3.17. The van der Waals surface area contributed by atoms with Crippen molar-refractivity contribution < 1.29 is 14.2 Å². The third kappa shape index (κ3) is 2.19. The zero-order chi connectivity index (χ0) is 9.84. The van der Waals surface area contributed by atoms with Crippen LogP contribution in [-0.2, 0) is 0 Å². The fraction of sp³-hybridized carbons (Fsp3) is 0.333. The molecule has 0 aromatic heterocycles. The summed E-state index contributed by atoms with van der Waals surface area (Å²) < 4.78 is 18.1. The number of halogens is 2. The number of aliphatic hydroxyl groups excluding tert-OH is 1. The molecule has 0 fully saturated rings. The second kappa shape index (κ2) is 4.58. The highest BCUT2D eigenvalue weighted by Crippen LogP contribution is 2.28. The molecular weight excluding hydrogens is 239 g/mol. The number of ether oxygens (including phenoxy) is 1. The predicted molar refractivity (Wildman–Crippen MR) is 51.7 cm³/mol. The highest BCUT2D eigenvalue weighted by molar-refractivity contribution is 9.09. The molecule has 0 spiro atoms. The average molecular weight is 249 g/mol. The number of alkyl halides is 1. The van der Waals surface area contributed by atoms with Gasteiger partial charge in [0.1, 0.15) is 11.6 Å². The van der Waals surface area contributed by atoms with Gasteiger partial charge in [0.05, 0.1) is 18.8 Å². The lowest BCUT2D eigenvalue weighted by Gasteiger charge is -2.12. The zero-order valence-electron chi connectivity index (χ0n) is 7.13. The van der Waals surface area contributed by atoms with Crippen molar-refractivity contribution in [2.24, 2.45) is 0 Å². The van der Waals surface area contributed by atoms with Crippen molar-refractivity contribution in [3.63, 3.8) is 0 Å². The Kier molecular flexibility index (Phi) is 3.69. The summed E-state index contributed by atoms with van der Waals surface area (Å²) >= 11 is 3.08. The largest absolute Gasteiger partial charge is 0.496 e. The van der Waals surface area contributed by atoms with Crippen molar-refractivity contribution in [1.29, 1.82) is 0 Å². The Hall–Kier alpha value is -0.610. The maximum Gasteiger partial charge on any atom is 0.132 e. The molecule has 0 radical (unpaired) electrons. The molecule has 13 heavy (non-hydrogen) atoms. The SMILES string of the molecule is COc1cccc(F)c1C(O)CBr. The van der Waals surface area contributed by atoms with E-state index in [0.717, 1.165) is 0 Å². The summed E-state index contributed by atoms with van der Waals surface area (Å²) in [6.07, 6.45) is -0.879. The summed E-state index contributed by atoms with van der Waals surface area (Å²) in [4.78, 5) is 0. The third-order valence-corrected chi connectivity index (χ3v) is 2.33. The number of rotatable bonds is 3. The van der Waals surface area contributed by atoms with E-state index in [4.69, 9.17) is 4.74 Å². The number of aliphatic hydroxyl groups is 1. The molecule has 1 N–H and O–H groups in total. The number of methoxy groups -OCH3 is 1. The van der Waals surface area contributed by atoms with E-state index in [1.165, 1.54) is 13.2 Å². The molecule has 4 heteroatoms. The molecule has 0 saturated carbocycles. The van der Waals surface area contributed by atoms with Crippen LogP contribution >= 0.6 is 15.9 Å². The van der Waals surface area contributed by atoms with Gasteiger partial charge in [-0.1, -0.05) is 22.0 Å². The van der Waals surface area contributed by atoms with Crippen LogP contribution in [0.1, 0.15) is 11.7 Å². The highest BCUT2D eigenvalue weighted by Gasteiger charge is 2.16. The van der Waals surface area contributed by atoms with Gasteiger partial charge in [0.25, 0.3) is 0 Å². The lowest BCUT2D eigenvalue weighted by molar-refractivity contribution is 0.194. The monoisotopic (exact) mass is 248 g/mol. The van der Waals surface area contributed by atoms with Crippen LogP contribution in [0.3, 0.4) is 0 Å². The minimum Gasteiger partial charge on any atom is -0.496 e. The maximum absolute atomic E-state index is 13.2. The van der Waals surface area contributed by atoms with Gasteiger partial charge in [-0.05, 0) is 12.1 Å². The molecule has 0 heterocycles. The molecule has 72 valence electrons. The van der Waals surface area contributed by atoms with Gasteiger partial charge in [-0.15, -0.1) is 0 Å². The van der Waals surface area contributed by atoms with Crippen LogP contribution < -0.4 is 4.74 Å². The van der Waals surface area contributed by atoms with E-state index in [2.05, 4.69) is 15.9 Å². The molecule has 1 aromatic carbocycles. The Balaban J connectivity index is 3.14. The van der Waals surface area contributed by atoms with E-state index in [1.54, 1.807) is 12.1 Å². The fourth-order valence-electron chi connectivity index (χ4n) is 1.10. The molecule has 2 nitrogen and oxygen atoms in total. The van der Waals surface area contributed by atoms with Crippen LogP contribution in [0.15, 0.2) is 18.2 Å². The van der Waals surface area contributed by atoms with Crippen LogP contribution in [0.2, 0.25) is 0 Å². The van der Waals surface area contributed by atoms with E-state index in [-0.39, 0.29) is 10.9 Å². The van der Waals surface area contributed by atoms with Crippen molar-refractivity contribution in [2.45, 2.75) is 6.10 Å². The molecular formula is C9H10BrFO2. The number of benzene rings is 1. The minimum absolute atomic E-state index is 0.196. The standard InChI is InChI=1S/C9H10BrFO2/c1-13-8-4-2-3-6(11)9(8)7(12)5-10/h2-4,7,12H,5H2,1H3. The van der Waals surface area contributed by atoms with Gasteiger partial charge in [0.2, 0.25) is 0 Å². The van der Waals surface area contributed by atoms with Gasteiger partial charge in [-0.3, -0.25) is 0 Å². The van der Waals surface area contributed by atoms with Gasteiger partial charge in [-0.25, -0.2) is 4.39 Å². The molecule has 0 bridgehead atoms. The zero-order valence-corrected chi connectivity index (χ0v) is 8.71. The molecule has 0 aliphatic rings.